The van der Waals surface area contributed by atoms with E-state index in [4.69, 9.17) is 16.2 Å². The molecule has 0 aromatic carbocycles. The summed E-state index contributed by atoms with van der Waals surface area (Å²) in [5.74, 6) is -0.226. The number of nitrogens with zero attached hydrogens (tertiary/aromatic N) is 2. The minimum atomic E-state index is -1.44. The highest BCUT2D eigenvalue weighted by Crippen LogP contribution is 2.11. The first-order valence-electron chi connectivity index (χ1n) is 11.8. The average molecular weight is 461 g/mol. The third-order valence-electron chi connectivity index (χ3n) is 5.62. The van der Waals surface area contributed by atoms with Crippen LogP contribution in [0.15, 0.2) is 0 Å². The van der Waals surface area contributed by atoms with Crippen LogP contribution in [0.4, 0.5) is 0 Å². The topological polar surface area (TPSA) is 163 Å². The molecule has 4 atom stereocenters. The summed E-state index contributed by atoms with van der Waals surface area (Å²) in [6.45, 7) is 5.47. The Bertz CT molecular complexity index is 551. The van der Waals surface area contributed by atoms with Gasteiger partial charge in [0.15, 0.2) is 0 Å². The summed E-state index contributed by atoms with van der Waals surface area (Å²) < 4.78 is 5.40. The predicted octanol–water partition coefficient (Wildman–Crippen LogP) is -0.961. The van der Waals surface area contributed by atoms with Crippen LogP contribution in [0.2, 0.25) is 0 Å². The lowest BCUT2D eigenvalue weighted by Gasteiger charge is -2.33. The number of ether oxygens (including phenoxy) is 1. The first-order valence-corrected chi connectivity index (χ1v) is 11.8. The number of hydrogen-bond donors (Lipinski definition) is 5. The molecule has 10 nitrogen and oxygen atoms in total. The van der Waals surface area contributed by atoms with Gasteiger partial charge in [0.05, 0.1) is 12.6 Å². The fourth-order valence-corrected chi connectivity index (χ4v) is 3.64. The smallest absolute Gasteiger partial charge is 0.239 e. The van der Waals surface area contributed by atoms with Crippen LogP contribution >= 0.6 is 0 Å². The third kappa shape index (κ3) is 10.5. The van der Waals surface area contributed by atoms with Gasteiger partial charge in [0.2, 0.25) is 11.8 Å². The highest BCUT2D eigenvalue weighted by molar-refractivity contribution is 5.81. The average Bonchev–Trinajstić information content (AvgIpc) is 2.74. The molecule has 0 saturated carbocycles. The summed E-state index contributed by atoms with van der Waals surface area (Å²) in [5, 5.41) is 30.8. The van der Waals surface area contributed by atoms with E-state index in [1.807, 2.05) is 13.8 Å². The van der Waals surface area contributed by atoms with Gasteiger partial charge in [0.1, 0.15) is 18.3 Å². The lowest BCUT2D eigenvalue weighted by Crippen LogP contribution is -2.51. The number of rotatable bonds is 7. The van der Waals surface area contributed by atoms with Crippen LogP contribution in [0.1, 0.15) is 52.4 Å². The van der Waals surface area contributed by atoms with Crippen molar-refractivity contribution in [1.29, 1.82) is 0 Å². The summed E-state index contributed by atoms with van der Waals surface area (Å²) in [6, 6.07) is -0.626. The van der Waals surface area contributed by atoms with Crippen molar-refractivity contribution in [3.8, 4) is 0 Å². The van der Waals surface area contributed by atoms with E-state index in [9.17, 15) is 24.9 Å². The maximum Gasteiger partial charge on any atom is 0.239 e. The monoisotopic (exact) mass is 460 g/mol. The van der Waals surface area contributed by atoms with Crippen LogP contribution in [-0.2, 0) is 14.3 Å². The van der Waals surface area contributed by atoms with Gasteiger partial charge in [-0.15, -0.1) is 0 Å². The van der Waals surface area contributed by atoms with Crippen molar-refractivity contribution in [1.82, 2.24) is 9.80 Å². The van der Waals surface area contributed by atoms with E-state index in [-0.39, 0.29) is 50.4 Å². The minimum absolute atomic E-state index is 0.116. The van der Waals surface area contributed by atoms with Crippen LogP contribution in [0.5, 0.6) is 0 Å². The molecular weight excluding hydrogens is 416 g/mol. The molecule has 1 fully saturated rings. The van der Waals surface area contributed by atoms with Gasteiger partial charge in [-0.2, -0.15) is 0 Å². The quantitative estimate of drug-likeness (QED) is 0.303. The molecule has 0 aromatic heterocycles. The number of aliphatic hydroxyl groups is 3. The summed E-state index contributed by atoms with van der Waals surface area (Å²) in [6.07, 6.45) is -0.278. The molecule has 1 aliphatic rings. The number of unbranched alkanes of at least 4 members (excludes halogenated alkanes) is 1. The van der Waals surface area contributed by atoms with Crippen molar-refractivity contribution >= 4 is 11.8 Å². The maximum absolute atomic E-state index is 13.0. The Morgan fingerprint density at radius 2 is 1.72 bits per heavy atom. The highest BCUT2D eigenvalue weighted by Gasteiger charge is 2.29. The second-order valence-electron chi connectivity index (χ2n) is 9.06. The van der Waals surface area contributed by atoms with E-state index in [0.717, 1.165) is 12.8 Å². The molecule has 10 heteroatoms. The van der Waals surface area contributed by atoms with E-state index >= 15 is 0 Å². The number of amides is 2. The first-order chi connectivity index (χ1) is 15.2. The molecule has 0 bridgehead atoms. The molecule has 7 N–H and O–H groups in total. The van der Waals surface area contributed by atoms with Gasteiger partial charge in [-0.3, -0.25) is 9.59 Å². The van der Waals surface area contributed by atoms with Crippen molar-refractivity contribution in [2.45, 2.75) is 76.7 Å². The maximum atomic E-state index is 13.0. The van der Waals surface area contributed by atoms with E-state index in [2.05, 4.69) is 0 Å². The van der Waals surface area contributed by atoms with Crippen LogP contribution in [0.3, 0.4) is 0 Å². The van der Waals surface area contributed by atoms with Crippen molar-refractivity contribution in [2.75, 3.05) is 45.9 Å². The molecule has 1 aliphatic heterocycles. The van der Waals surface area contributed by atoms with E-state index in [1.165, 1.54) is 4.90 Å². The normalized spacial score (nSPS) is 25.4. The Morgan fingerprint density at radius 3 is 2.38 bits per heavy atom. The molecule has 2 amide bonds. The van der Waals surface area contributed by atoms with Crippen molar-refractivity contribution < 1.29 is 29.6 Å². The molecule has 0 aromatic rings. The van der Waals surface area contributed by atoms with Crippen LogP contribution < -0.4 is 11.5 Å². The standard InChI is InChI=1S/C22H44N4O6/c1-16(2)13-20(29)26-11-10-25(22(31)17(24)7-3-4-8-23)9-5-6-12-32-15-19(28)21(30)18(27)14-26/h16-19,21,27-28,30H,3-15,23-24H2,1-2H3/t17-,18-,19+,21+/m0/s1. The SMILES string of the molecule is CC(C)CC(=O)N1CCN(C(=O)[C@@H](N)CCCCN)CCCCOC[C@@H](O)[C@H](O)[C@@H](O)C1. The van der Waals surface area contributed by atoms with Crippen LogP contribution in [0, 0.1) is 5.92 Å². The van der Waals surface area contributed by atoms with Crippen LogP contribution in [0.25, 0.3) is 0 Å². The third-order valence-corrected chi connectivity index (χ3v) is 5.62. The van der Waals surface area contributed by atoms with Crippen LogP contribution in [-0.4, -0.2) is 107 Å². The number of carbonyl (C=O) groups is 2. The second-order valence-corrected chi connectivity index (χ2v) is 9.06. The minimum Gasteiger partial charge on any atom is -0.388 e. The predicted molar refractivity (Wildman–Crippen MR) is 122 cm³/mol. The Morgan fingerprint density at radius 1 is 1.03 bits per heavy atom. The van der Waals surface area contributed by atoms with Gasteiger partial charge in [-0.1, -0.05) is 20.3 Å². The Labute approximate surface area is 191 Å². The Hall–Kier alpha value is -1.30. The summed E-state index contributed by atoms with van der Waals surface area (Å²) in [7, 11) is 0. The summed E-state index contributed by atoms with van der Waals surface area (Å²) >= 11 is 0. The van der Waals surface area contributed by atoms with Gasteiger partial charge in [0.25, 0.3) is 0 Å². The van der Waals surface area contributed by atoms with Gasteiger partial charge >= 0.3 is 0 Å². The zero-order valence-electron chi connectivity index (χ0n) is 19.7. The number of nitrogens with two attached hydrogens (primary N) is 2. The van der Waals surface area contributed by atoms with Gasteiger partial charge in [-0.05, 0) is 38.1 Å². The molecule has 1 saturated heterocycles. The molecule has 0 radical (unpaired) electrons. The molecular formula is C22H44N4O6. The zero-order valence-corrected chi connectivity index (χ0v) is 19.7. The summed E-state index contributed by atoms with van der Waals surface area (Å²) in [5.41, 5.74) is 11.7. The Kier molecular flexibility index (Phi) is 13.9. The number of carbonyl (C=O) groups excluding carboxylic acids is 2. The number of hydrogen-bond acceptors (Lipinski definition) is 8. The highest BCUT2D eigenvalue weighted by atomic mass is 16.5. The van der Waals surface area contributed by atoms with Crippen molar-refractivity contribution in [3.63, 3.8) is 0 Å². The first kappa shape index (κ1) is 28.7. The fraction of sp³-hybridized carbons (Fsp3) is 0.909. The molecule has 1 rings (SSSR count). The number of β-amino-alcohol motifs (C(OH)–C–C–N with tert-alkyl or cyclic N) is 1. The van der Waals surface area contributed by atoms with Gasteiger partial charge in [-0.25, -0.2) is 0 Å². The zero-order chi connectivity index (χ0) is 24.1. The van der Waals surface area contributed by atoms with Gasteiger partial charge in [0, 0.05) is 39.2 Å². The van der Waals surface area contributed by atoms with Crippen molar-refractivity contribution in [3.05, 3.63) is 0 Å². The number of aliphatic hydroxyl groups excluding tert-OH is 3. The molecule has 0 unspecified atom stereocenters. The molecule has 1 heterocycles. The van der Waals surface area contributed by atoms with E-state index < -0.39 is 24.4 Å². The molecule has 0 spiro atoms. The largest absolute Gasteiger partial charge is 0.388 e. The second kappa shape index (κ2) is 15.5. The Balaban J connectivity index is 2.95. The van der Waals surface area contributed by atoms with Crippen molar-refractivity contribution in [2.24, 2.45) is 17.4 Å². The molecule has 32 heavy (non-hydrogen) atoms. The lowest BCUT2D eigenvalue weighted by atomic mass is 10.1. The van der Waals surface area contributed by atoms with E-state index in [0.29, 0.717) is 39.0 Å². The van der Waals surface area contributed by atoms with Gasteiger partial charge < -0.3 is 41.3 Å². The lowest BCUT2D eigenvalue weighted by molar-refractivity contribution is -0.140. The molecule has 188 valence electrons. The summed E-state index contributed by atoms with van der Waals surface area (Å²) in [4.78, 5) is 28.9. The fourth-order valence-electron chi connectivity index (χ4n) is 3.64. The van der Waals surface area contributed by atoms with E-state index in [1.54, 1.807) is 4.90 Å². The molecule has 0 aliphatic carbocycles.